The van der Waals surface area contributed by atoms with Crippen LogP contribution in [0.4, 0.5) is 0 Å². The van der Waals surface area contributed by atoms with Crippen LogP contribution in [-0.4, -0.2) is 8.80 Å². The van der Waals surface area contributed by atoms with Gasteiger partial charge in [0.25, 0.3) is 0 Å². The zero-order valence-corrected chi connectivity index (χ0v) is 13.6. The minimum Gasteiger partial charge on any atom is -0.0783 e. The Morgan fingerprint density at radius 1 is 0.889 bits per heavy atom. The third-order valence-electron chi connectivity index (χ3n) is 4.15. The van der Waals surface area contributed by atoms with Crippen molar-refractivity contribution in [2.45, 2.75) is 47.1 Å². The molecule has 2 unspecified atom stereocenters. The van der Waals surface area contributed by atoms with Crippen molar-refractivity contribution in [2.75, 3.05) is 0 Å². The van der Waals surface area contributed by atoms with Crippen LogP contribution in [0.25, 0.3) is 0 Å². The van der Waals surface area contributed by atoms with Gasteiger partial charge in [-0.15, -0.1) is 0 Å². The van der Waals surface area contributed by atoms with E-state index < -0.39 is 8.80 Å². The summed E-state index contributed by atoms with van der Waals surface area (Å²) in [6, 6.07) is 1.41. The second-order valence-electron chi connectivity index (χ2n) is 6.00. The molecule has 0 bridgehead atoms. The molecule has 0 heterocycles. The van der Waals surface area contributed by atoms with E-state index in [0.29, 0.717) is 11.8 Å². The lowest BCUT2D eigenvalue weighted by Gasteiger charge is -2.20. The van der Waals surface area contributed by atoms with E-state index >= 15 is 0 Å². The lowest BCUT2D eigenvalue weighted by Crippen LogP contribution is -2.20. The van der Waals surface area contributed by atoms with Crippen molar-refractivity contribution >= 4 is 8.80 Å². The number of allylic oxidation sites excluding steroid dienone is 8. The van der Waals surface area contributed by atoms with Crippen LogP contribution < -0.4 is 0 Å². The van der Waals surface area contributed by atoms with Crippen molar-refractivity contribution in [1.82, 2.24) is 0 Å². The van der Waals surface area contributed by atoms with E-state index in [1.807, 2.05) is 0 Å². The van der Waals surface area contributed by atoms with Crippen LogP contribution in [-0.2, 0) is 0 Å². The third kappa shape index (κ3) is 2.61. The number of hydrogen-bond acceptors (Lipinski definition) is 0. The van der Waals surface area contributed by atoms with Crippen molar-refractivity contribution in [3.05, 3.63) is 45.8 Å². The van der Waals surface area contributed by atoms with E-state index in [4.69, 9.17) is 0 Å². The number of hydrogen-bond donors (Lipinski definition) is 0. The minimum atomic E-state index is -0.946. The average molecular weight is 258 g/mol. The molecule has 2 rings (SSSR count). The molecule has 0 fully saturated rings. The van der Waals surface area contributed by atoms with Gasteiger partial charge in [-0.2, -0.15) is 0 Å². The molecule has 2 aliphatic rings. The van der Waals surface area contributed by atoms with Crippen molar-refractivity contribution in [1.29, 1.82) is 0 Å². The van der Waals surface area contributed by atoms with Gasteiger partial charge in [-0.1, -0.05) is 79.1 Å². The molecule has 1 heteroatoms. The first-order valence-electron chi connectivity index (χ1n) is 7.34. The van der Waals surface area contributed by atoms with Crippen LogP contribution in [0.5, 0.6) is 0 Å². The molecule has 0 aromatic heterocycles. The standard InChI is InChI=1S/C17H26Si/c1-6-7-18(16-10-12(2)8-14(16)4)17-11-13(3)9-15(17)5/h8-13,18H,6-7H2,1-5H3. The van der Waals surface area contributed by atoms with Gasteiger partial charge in [0, 0.05) is 0 Å². The number of rotatable bonds is 4. The maximum atomic E-state index is 2.53. The second kappa shape index (κ2) is 5.44. The molecule has 0 saturated heterocycles. The molecule has 0 nitrogen and oxygen atoms in total. The Morgan fingerprint density at radius 3 is 1.61 bits per heavy atom. The molecule has 0 radical (unpaired) electrons. The molecule has 0 aliphatic heterocycles. The maximum absolute atomic E-state index is 2.53. The highest BCUT2D eigenvalue weighted by molar-refractivity contribution is 6.76. The van der Waals surface area contributed by atoms with Gasteiger partial charge in [0.2, 0.25) is 0 Å². The molecule has 0 spiro atoms. The lowest BCUT2D eigenvalue weighted by molar-refractivity contribution is 0.953. The zero-order chi connectivity index (χ0) is 13.3. The smallest absolute Gasteiger partial charge is 0.0783 e. The molecule has 0 saturated carbocycles. The van der Waals surface area contributed by atoms with Crippen molar-refractivity contribution < 1.29 is 0 Å². The summed E-state index contributed by atoms with van der Waals surface area (Å²) in [5.41, 5.74) is 3.11. The van der Waals surface area contributed by atoms with Crippen LogP contribution in [0, 0.1) is 11.8 Å². The Kier molecular flexibility index (Phi) is 4.11. The monoisotopic (exact) mass is 258 g/mol. The van der Waals surface area contributed by atoms with Crippen LogP contribution >= 0.6 is 0 Å². The SMILES string of the molecule is CCC[SiH](C1=CC(C)C=C1C)C1=CC(C)C=C1C. The summed E-state index contributed by atoms with van der Waals surface area (Å²) in [5.74, 6) is 1.30. The summed E-state index contributed by atoms with van der Waals surface area (Å²) in [5, 5.41) is 3.44. The predicted molar refractivity (Wildman–Crippen MR) is 84.3 cm³/mol. The van der Waals surface area contributed by atoms with Crippen molar-refractivity contribution in [3.8, 4) is 0 Å². The fraction of sp³-hybridized carbons (Fsp3) is 0.529. The Labute approximate surface area is 114 Å². The van der Waals surface area contributed by atoms with Gasteiger partial charge >= 0.3 is 0 Å². The van der Waals surface area contributed by atoms with Gasteiger partial charge in [-0.05, 0) is 25.7 Å². The highest BCUT2D eigenvalue weighted by atomic mass is 28.3. The maximum Gasteiger partial charge on any atom is 0.103 e. The molecule has 18 heavy (non-hydrogen) atoms. The summed E-state index contributed by atoms with van der Waals surface area (Å²) in [6.07, 6.45) is 11.2. The Bertz CT molecular complexity index is 408. The van der Waals surface area contributed by atoms with Gasteiger partial charge < -0.3 is 0 Å². The van der Waals surface area contributed by atoms with Crippen molar-refractivity contribution in [2.24, 2.45) is 11.8 Å². The van der Waals surface area contributed by atoms with E-state index in [9.17, 15) is 0 Å². The van der Waals surface area contributed by atoms with E-state index in [0.717, 1.165) is 0 Å². The average Bonchev–Trinajstić information content (AvgIpc) is 2.78. The van der Waals surface area contributed by atoms with Crippen LogP contribution in [0.3, 0.4) is 0 Å². The molecular weight excluding hydrogens is 232 g/mol. The van der Waals surface area contributed by atoms with Crippen LogP contribution in [0.15, 0.2) is 45.8 Å². The molecular formula is C17H26Si. The van der Waals surface area contributed by atoms with Crippen LogP contribution in [0.1, 0.15) is 41.0 Å². The van der Waals surface area contributed by atoms with Gasteiger partial charge in [0.15, 0.2) is 0 Å². The zero-order valence-electron chi connectivity index (χ0n) is 12.5. The topological polar surface area (TPSA) is 0 Å². The van der Waals surface area contributed by atoms with E-state index in [1.165, 1.54) is 12.5 Å². The summed E-state index contributed by atoms with van der Waals surface area (Å²) in [7, 11) is -0.946. The molecule has 0 aromatic rings. The first kappa shape index (κ1) is 13.6. The fourth-order valence-corrected chi connectivity index (χ4v) is 7.35. The normalized spacial score (nSPS) is 28.7. The quantitative estimate of drug-likeness (QED) is 0.639. The van der Waals surface area contributed by atoms with E-state index in [1.54, 1.807) is 21.5 Å². The Morgan fingerprint density at radius 2 is 1.33 bits per heavy atom. The Balaban J connectivity index is 2.31. The summed E-state index contributed by atoms with van der Waals surface area (Å²) >= 11 is 0. The summed E-state index contributed by atoms with van der Waals surface area (Å²) in [6.45, 7) is 11.6. The summed E-state index contributed by atoms with van der Waals surface area (Å²) in [4.78, 5) is 0. The minimum absolute atomic E-state index is 0.649. The molecule has 98 valence electrons. The molecule has 0 amide bonds. The lowest BCUT2D eigenvalue weighted by atomic mass is 10.2. The first-order chi connectivity index (χ1) is 8.52. The molecule has 0 aromatic carbocycles. The first-order valence-corrected chi connectivity index (χ1v) is 9.31. The van der Waals surface area contributed by atoms with Gasteiger partial charge in [0.05, 0.1) is 0 Å². The second-order valence-corrected chi connectivity index (χ2v) is 8.93. The third-order valence-corrected chi connectivity index (χ3v) is 8.10. The Hall–Kier alpha value is -0.823. The van der Waals surface area contributed by atoms with Gasteiger partial charge in [-0.25, -0.2) is 0 Å². The highest BCUT2D eigenvalue weighted by Crippen LogP contribution is 2.35. The van der Waals surface area contributed by atoms with Crippen molar-refractivity contribution in [3.63, 3.8) is 0 Å². The summed E-state index contributed by atoms with van der Waals surface area (Å²) < 4.78 is 0. The molecule has 2 atom stereocenters. The molecule has 0 N–H and O–H groups in total. The van der Waals surface area contributed by atoms with E-state index in [-0.39, 0.29) is 0 Å². The van der Waals surface area contributed by atoms with Gasteiger partial charge in [-0.3, -0.25) is 0 Å². The predicted octanol–water partition coefficient (Wildman–Crippen LogP) is 4.75. The van der Waals surface area contributed by atoms with Crippen LogP contribution in [0.2, 0.25) is 6.04 Å². The highest BCUT2D eigenvalue weighted by Gasteiger charge is 2.27. The molecule has 2 aliphatic carbocycles. The largest absolute Gasteiger partial charge is 0.103 e. The van der Waals surface area contributed by atoms with Gasteiger partial charge in [0.1, 0.15) is 8.80 Å². The van der Waals surface area contributed by atoms with E-state index in [2.05, 4.69) is 58.9 Å². The fourth-order valence-electron chi connectivity index (χ4n) is 3.46.